The third-order valence-electron chi connectivity index (χ3n) is 2.87. The maximum atomic E-state index is 11.7. The standard InChI is InChI=1S/C15H24N2O/c1-4-6-8-12(3)17-14-10-7-9-13(11-14)15(18)16-5-2/h7,9-12,17H,4-6,8H2,1-3H3,(H,16,18). The molecule has 2 N–H and O–H groups in total. The zero-order valence-electron chi connectivity index (χ0n) is 11.6. The predicted molar refractivity (Wildman–Crippen MR) is 77.1 cm³/mol. The maximum absolute atomic E-state index is 11.7. The fraction of sp³-hybridized carbons (Fsp3) is 0.533. The van der Waals surface area contributed by atoms with Crippen molar-refractivity contribution in [2.24, 2.45) is 0 Å². The van der Waals surface area contributed by atoms with E-state index >= 15 is 0 Å². The van der Waals surface area contributed by atoms with Crippen LogP contribution < -0.4 is 10.6 Å². The molecule has 100 valence electrons. The highest BCUT2D eigenvalue weighted by atomic mass is 16.1. The minimum atomic E-state index is -0.0117. The lowest BCUT2D eigenvalue weighted by Crippen LogP contribution is -2.23. The van der Waals surface area contributed by atoms with Gasteiger partial charge in [0.1, 0.15) is 0 Å². The Morgan fingerprint density at radius 2 is 2.11 bits per heavy atom. The summed E-state index contributed by atoms with van der Waals surface area (Å²) in [6, 6.07) is 8.11. The van der Waals surface area contributed by atoms with Crippen molar-refractivity contribution < 1.29 is 4.79 Å². The lowest BCUT2D eigenvalue weighted by atomic mass is 10.1. The van der Waals surface area contributed by atoms with E-state index in [0.717, 1.165) is 12.1 Å². The van der Waals surface area contributed by atoms with Gasteiger partial charge in [0.25, 0.3) is 5.91 Å². The highest BCUT2D eigenvalue weighted by Gasteiger charge is 2.06. The van der Waals surface area contributed by atoms with Crippen LogP contribution in [0.1, 0.15) is 50.4 Å². The van der Waals surface area contributed by atoms with Gasteiger partial charge in [-0.1, -0.05) is 25.8 Å². The first-order chi connectivity index (χ1) is 8.67. The summed E-state index contributed by atoms with van der Waals surface area (Å²) in [5.41, 5.74) is 1.73. The number of carbonyl (C=O) groups excluding carboxylic acids is 1. The fourth-order valence-electron chi connectivity index (χ4n) is 1.88. The van der Waals surface area contributed by atoms with Crippen LogP contribution in [0.25, 0.3) is 0 Å². The number of amides is 1. The first kappa shape index (κ1) is 14.6. The van der Waals surface area contributed by atoms with E-state index in [1.54, 1.807) is 0 Å². The van der Waals surface area contributed by atoms with Crippen LogP contribution in [0, 0.1) is 0 Å². The Hall–Kier alpha value is -1.51. The van der Waals surface area contributed by atoms with Gasteiger partial charge in [-0.15, -0.1) is 0 Å². The van der Waals surface area contributed by atoms with Crippen molar-refractivity contribution in [3.63, 3.8) is 0 Å². The van der Waals surface area contributed by atoms with E-state index in [-0.39, 0.29) is 5.91 Å². The summed E-state index contributed by atoms with van der Waals surface area (Å²) >= 11 is 0. The van der Waals surface area contributed by atoms with Crippen molar-refractivity contribution in [1.29, 1.82) is 0 Å². The van der Waals surface area contributed by atoms with Gasteiger partial charge in [-0.3, -0.25) is 4.79 Å². The number of carbonyl (C=O) groups is 1. The molecule has 1 amide bonds. The molecule has 1 aromatic rings. The van der Waals surface area contributed by atoms with Gasteiger partial charge in [0.05, 0.1) is 0 Å². The smallest absolute Gasteiger partial charge is 0.251 e. The van der Waals surface area contributed by atoms with Crippen LogP contribution in [0.15, 0.2) is 24.3 Å². The van der Waals surface area contributed by atoms with Crippen LogP contribution in [0.3, 0.4) is 0 Å². The molecular weight excluding hydrogens is 224 g/mol. The number of nitrogens with one attached hydrogen (secondary N) is 2. The van der Waals surface area contributed by atoms with Crippen molar-refractivity contribution in [2.75, 3.05) is 11.9 Å². The van der Waals surface area contributed by atoms with Gasteiger partial charge in [-0.05, 0) is 38.5 Å². The molecule has 0 heterocycles. The molecule has 18 heavy (non-hydrogen) atoms. The third kappa shape index (κ3) is 4.78. The lowest BCUT2D eigenvalue weighted by molar-refractivity contribution is 0.0956. The zero-order valence-corrected chi connectivity index (χ0v) is 11.6. The lowest BCUT2D eigenvalue weighted by Gasteiger charge is -2.15. The highest BCUT2D eigenvalue weighted by molar-refractivity contribution is 5.95. The molecule has 0 aliphatic rings. The SMILES string of the molecule is CCCCC(C)Nc1cccc(C(=O)NCC)c1. The summed E-state index contributed by atoms with van der Waals surface area (Å²) in [7, 11) is 0. The van der Waals surface area contributed by atoms with Crippen molar-refractivity contribution in [3.05, 3.63) is 29.8 Å². The Labute approximate surface area is 110 Å². The molecule has 0 bridgehead atoms. The molecule has 0 saturated heterocycles. The van der Waals surface area contributed by atoms with Gasteiger partial charge in [0, 0.05) is 23.8 Å². The van der Waals surface area contributed by atoms with E-state index in [1.807, 2.05) is 31.2 Å². The van der Waals surface area contributed by atoms with Gasteiger partial charge < -0.3 is 10.6 Å². The zero-order chi connectivity index (χ0) is 13.4. The summed E-state index contributed by atoms with van der Waals surface area (Å²) in [5.74, 6) is -0.0117. The van der Waals surface area contributed by atoms with Crippen LogP contribution in [0.2, 0.25) is 0 Å². The number of anilines is 1. The fourth-order valence-corrected chi connectivity index (χ4v) is 1.88. The van der Waals surface area contributed by atoms with E-state index in [2.05, 4.69) is 24.5 Å². The number of unbranched alkanes of at least 4 members (excludes halogenated alkanes) is 1. The Morgan fingerprint density at radius 3 is 2.78 bits per heavy atom. The van der Waals surface area contributed by atoms with Gasteiger partial charge in [-0.2, -0.15) is 0 Å². The van der Waals surface area contributed by atoms with Crippen molar-refractivity contribution in [2.45, 2.75) is 46.1 Å². The number of hydrogen-bond acceptors (Lipinski definition) is 2. The van der Waals surface area contributed by atoms with Crippen LogP contribution in [-0.4, -0.2) is 18.5 Å². The summed E-state index contributed by atoms with van der Waals surface area (Å²) in [5, 5.41) is 6.24. The second-order valence-corrected chi connectivity index (χ2v) is 4.63. The minimum absolute atomic E-state index is 0.0117. The van der Waals surface area contributed by atoms with Crippen molar-refractivity contribution in [1.82, 2.24) is 5.32 Å². The third-order valence-corrected chi connectivity index (χ3v) is 2.87. The predicted octanol–water partition coefficient (Wildman–Crippen LogP) is 3.43. The van der Waals surface area contributed by atoms with Crippen LogP contribution in [-0.2, 0) is 0 Å². The molecule has 0 aliphatic heterocycles. The first-order valence-corrected chi connectivity index (χ1v) is 6.82. The first-order valence-electron chi connectivity index (χ1n) is 6.82. The molecule has 3 heteroatoms. The molecule has 0 aliphatic carbocycles. The number of benzene rings is 1. The molecule has 0 aromatic heterocycles. The van der Waals surface area contributed by atoms with E-state index in [9.17, 15) is 4.79 Å². The molecule has 3 nitrogen and oxygen atoms in total. The van der Waals surface area contributed by atoms with Gasteiger partial charge in [0.15, 0.2) is 0 Å². The summed E-state index contributed by atoms with van der Waals surface area (Å²) < 4.78 is 0. The Balaban J connectivity index is 2.61. The largest absolute Gasteiger partial charge is 0.383 e. The Kier molecular flexibility index (Phi) is 6.26. The molecule has 1 atom stereocenters. The molecule has 0 saturated carbocycles. The number of hydrogen-bond donors (Lipinski definition) is 2. The maximum Gasteiger partial charge on any atom is 0.251 e. The van der Waals surface area contributed by atoms with E-state index in [1.165, 1.54) is 12.8 Å². The average molecular weight is 248 g/mol. The summed E-state index contributed by atoms with van der Waals surface area (Å²) in [6.45, 7) is 6.95. The number of rotatable bonds is 7. The molecule has 1 aromatic carbocycles. The quantitative estimate of drug-likeness (QED) is 0.776. The van der Waals surface area contributed by atoms with Gasteiger partial charge >= 0.3 is 0 Å². The second kappa shape index (κ2) is 7.75. The highest BCUT2D eigenvalue weighted by Crippen LogP contribution is 2.13. The van der Waals surface area contributed by atoms with E-state index < -0.39 is 0 Å². The van der Waals surface area contributed by atoms with Gasteiger partial charge in [-0.25, -0.2) is 0 Å². The Bertz CT molecular complexity index is 377. The topological polar surface area (TPSA) is 41.1 Å². The average Bonchev–Trinajstić information content (AvgIpc) is 2.37. The van der Waals surface area contributed by atoms with Crippen LogP contribution in [0.5, 0.6) is 0 Å². The monoisotopic (exact) mass is 248 g/mol. The second-order valence-electron chi connectivity index (χ2n) is 4.63. The molecule has 0 spiro atoms. The normalized spacial score (nSPS) is 11.9. The molecule has 0 radical (unpaired) electrons. The summed E-state index contributed by atoms with van der Waals surface area (Å²) in [4.78, 5) is 11.7. The molecule has 0 fully saturated rings. The summed E-state index contributed by atoms with van der Waals surface area (Å²) in [6.07, 6.45) is 3.59. The van der Waals surface area contributed by atoms with Crippen LogP contribution in [0.4, 0.5) is 5.69 Å². The van der Waals surface area contributed by atoms with E-state index in [4.69, 9.17) is 0 Å². The van der Waals surface area contributed by atoms with Gasteiger partial charge in [0.2, 0.25) is 0 Å². The Morgan fingerprint density at radius 1 is 1.33 bits per heavy atom. The van der Waals surface area contributed by atoms with Crippen LogP contribution >= 0.6 is 0 Å². The van der Waals surface area contributed by atoms with E-state index in [0.29, 0.717) is 18.2 Å². The molecule has 1 unspecified atom stereocenters. The minimum Gasteiger partial charge on any atom is -0.383 e. The molecule has 1 rings (SSSR count). The van der Waals surface area contributed by atoms with Crippen molar-refractivity contribution in [3.8, 4) is 0 Å². The molecular formula is C15H24N2O. The van der Waals surface area contributed by atoms with Crippen molar-refractivity contribution >= 4 is 11.6 Å².